The summed E-state index contributed by atoms with van der Waals surface area (Å²) in [7, 11) is 2.14. The molecule has 0 aromatic heterocycles. The Labute approximate surface area is 85.1 Å². The largest absolute Gasteiger partial charge is 0.481 e. The molecule has 3 nitrogen and oxygen atoms in total. The lowest BCUT2D eigenvalue weighted by Gasteiger charge is -2.33. The normalized spacial score (nSPS) is 39.7. The summed E-state index contributed by atoms with van der Waals surface area (Å²) >= 11 is 0. The second-order valence-electron chi connectivity index (χ2n) is 5.18. The van der Waals surface area contributed by atoms with E-state index in [9.17, 15) is 4.79 Å². The minimum absolute atomic E-state index is 0.0593. The summed E-state index contributed by atoms with van der Waals surface area (Å²) in [6.07, 6.45) is 3.25. The first kappa shape index (κ1) is 9.97. The molecule has 2 aliphatic rings. The maximum Gasteiger partial charge on any atom is 0.307 e. The Bertz CT molecular complexity index is 246. The fraction of sp³-hybridized carbons (Fsp3) is 0.909. The maximum absolute atomic E-state index is 10.9. The van der Waals surface area contributed by atoms with Crippen LogP contribution in [0.4, 0.5) is 0 Å². The van der Waals surface area contributed by atoms with Crippen LogP contribution in [-0.2, 0) is 4.79 Å². The maximum atomic E-state index is 10.9. The third kappa shape index (κ3) is 1.54. The van der Waals surface area contributed by atoms with Gasteiger partial charge in [-0.05, 0) is 50.7 Å². The van der Waals surface area contributed by atoms with Crippen LogP contribution in [0.2, 0.25) is 0 Å². The smallest absolute Gasteiger partial charge is 0.307 e. The van der Waals surface area contributed by atoms with E-state index >= 15 is 0 Å². The van der Waals surface area contributed by atoms with Gasteiger partial charge in [-0.3, -0.25) is 4.79 Å². The van der Waals surface area contributed by atoms with E-state index in [2.05, 4.69) is 18.9 Å². The first-order valence-electron chi connectivity index (χ1n) is 5.45. The molecule has 0 aromatic carbocycles. The van der Waals surface area contributed by atoms with Crippen molar-refractivity contribution in [3.63, 3.8) is 0 Å². The standard InChI is InChI=1S/C11H19NO2/c1-11(7-9(11)10(13)14)8-3-5-12(2)6-4-8/h8-9H,3-7H2,1-2H3,(H,13,14)/t9-,11-/m1/s1. The zero-order chi connectivity index (χ0) is 10.3. The lowest BCUT2D eigenvalue weighted by Crippen LogP contribution is -2.34. The van der Waals surface area contributed by atoms with Gasteiger partial charge in [0.1, 0.15) is 0 Å². The molecular weight excluding hydrogens is 178 g/mol. The van der Waals surface area contributed by atoms with Crippen LogP contribution in [-0.4, -0.2) is 36.1 Å². The Morgan fingerprint density at radius 1 is 1.43 bits per heavy atom. The van der Waals surface area contributed by atoms with Crippen LogP contribution < -0.4 is 0 Å². The zero-order valence-electron chi connectivity index (χ0n) is 8.99. The van der Waals surface area contributed by atoms with Gasteiger partial charge in [-0.1, -0.05) is 6.92 Å². The highest BCUT2D eigenvalue weighted by Gasteiger charge is 2.58. The molecule has 1 heterocycles. The predicted octanol–water partition coefficient (Wildman–Crippen LogP) is 1.44. The van der Waals surface area contributed by atoms with Gasteiger partial charge in [-0.25, -0.2) is 0 Å². The Morgan fingerprint density at radius 2 is 2.00 bits per heavy atom. The highest BCUT2D eigenvalue weighted by molar-refractivity contribution is 5.74. The molecule has 14 heavy (non-hydrogen) atoms. The van der Waals surface area contributed by atoms with Gasteiger partial charge in [0.15, 0.2) is 0 Å². The van der Waals surface area contributed by atoms with Crippen LogP contribution in [0.1, 0.15) is 26.2 Å². The van der Waals surface area contributed by atoms with E-state index in [0.717, 1.165) is 19.5 Å². The van der Waals surface area contributed by atoms with Crippen molar-refractivity contribution in [3.8, 4) is 0 Å². The molecule has 2 rings (SSSR count). The number of nitrogens with zero attached hydrogens (tertiary/aromatic N) is 1. The highest BCUT2D eigenvalue weighted by Crippen LogP contribution is 2.60. The molecular formula is C11H19NO2. The molecule has 2 atom stereocenters. The fourth-order valence-electron chi connectivity index (χ4n) is 2.87. The number of carboxylic acids is 1. The Hall–Kier alpha value is -0.570. The molecule has 0 spiro atoms. The monoisotopic (exact) mass is 197 g/mol. The van der Waals surface area contributed by atoms with Crippen LogP contribution in [0, 0.1) is 17.3 Å². The Balaban J connectivity index is 1.94. The minimum Gasteiger partial charge on any atom is -0.481 e. The Kier molecular flexibility index (Phi) is 2.30. The molecule has 0 unspecified atom stereocenters. The summed E-state index contributed by atoms with van der Waals surface area (Å²) < 4.78 is 0. The number of rotatable bonds is 2. The molecule has 0 amide bonds. The van der Waals surface area contributed by atoms with Crippen molar-refractivity contribution in [2.45, 2.75) is 26.2 Å². The number of hydrogen-bond donors (Lipinski definition) is 1. The molecule has 0 aromatic rings. The van der Waals surface area contributed by atoms with Crippen LogP contribution >= 0.6 is 0 Å². The number of hydrogen-bond acceptors (Lipinski definition) is 2. The first-order valence-corrected chi connectivity index (χ1v) is 5.45. The van der Waals surface area contributed by atoms with E-state index in [0.29, 0.717) is 5.92 Å². The number of carboxylic acid groups (broad SMARTS) is 1. The molecule has 1 aliphatic carbocycles. The van der Waals surface area contributed by atoms with Crippen molar-refractivity contribution in [1.29, 1.82) is 0 Å². The SMILES string of the molecule is CN1CCC([C@@]2(C)C[C@@H]2C(=O)O)CC1. The quantitative estimate of drug-likeness (QED) is 0.728. The van der Waals surface area contributed by atoms with Gasteiger partial charge in [0, 0.05) is 0 Å². The lowest BCUT2D eigenvalue weighted by atomic mass is 9.81. The molecule has 1 saturated carbocycles. The molecule has 1 saturated heterocycles. The second kappa shape index (κ2) is 3.23. The van der Waals surface area contributed by atoms with Gasteiger partial charge in [-0.15, -0.1) is 0 Å². The predicted molar refractivity (Wildman–Crippen MR) is 54.1 cm³/mol. The Morgan fingerprint density at radius 3 is 2.43 bits per heavy atom. The van der Waals surface area contributed by atoms with E-state index in [1.165, 1.54) is 12.8 Å². The van der Waals surface area contributed by atoms with Crippen molar-refractivity contribution in [1.82, 2.24) is 4.90 Å². The third-order valence-electron chi connectivity index (χ3n) is 4.23. The molecule has 0 bridgehead atoms. The van der Waals surface area contributed by atoms with Gasteiger partial charge < -0.3 is 10.0 Å². The van der Waals surface area contributed by atoms with Crippen LogP contribution in [0.25, 0.3) is 0 Å². The summed E-state index contributed by atoms with van der Waals surface area (Å²) in [6, 6.07) is 0. The van der Waals surface area contributed by atoms with Crippen molar-refractivity contribution in [2.75, 3.05) is 20.1 Å². The summed E-state index contributed by atoms with van der Waals surface area (Å²) in [4.78, 5) is 13.2. The second-order valence-corrected chi connectivity index (χ2v) is 5.18. The summed E-state index contributed by atoms with van der Waals surface area (Å²) in [5.41, 5.74) is 0.118. The van der Waals surface area contributed by atoms with E-state index in [1.807, 2.05) is 0 Å². The minimum atomic E-state index is -0.591. The molecule has 0 radical (unpaired) electrons. The highest BCUT2D eigenvalue weighted by atomic mass is 16.4. The lowest BCUT2D eigenvalue weighted by molar-refractivity contribution is -0.139. The summed E-state index contributed by atoms with van der Waals surface area (Å²) in [5, 5.41) is 8.96. The van der Waals surface area contributed by atoms with E-state index in [1.54, 1.807) is 0 Å². The third-order valence-corrected chi connectivity index (χ3v) is 4.23. The van der Waals surface area contributed by atoms with Gasteiger partial charge >= 0.3 is 5.97 Å². The number of likely N-dealkylation sites (tertiary alicyclic amines) is 1. The molecule has 3 heteroatoms. The molecule has 2 fully saturated rings. The van der Waals surface area contributed by atoms with Gasteiger partial charge in [0.05, 0.1) is 5.92 Å². The first-order chi connectivity index (χ1) is 6.54. The van der Waals surface area contributed by atoms with Crippen molar-refractivity contribution in [3.05, 3.63) is 0 Å². The number of aliphatic carboxylic acids is 1. The molecule has 80 valence electrons. The molecule has 1 N–H and O–H groups in total. The number of piperidine rings is 1. The zero-order valence-corrected chi connectivity index (χ0v) is 8.99. The topological polar surface area (TPSA) is 40.5 Å². The van der Waals surface area contributed by atoms with Gasteiger partial charge in [-0.2, -0.15) is 0 Å². The van der Waals surface area contributed by atoms with Gasteiger partial charge in [0.25, 0.3) is 0 Å². The van der Waals surface area contributed by atoms with E-state index in [4.69, 9.17) is 5.11 Å². The summed E-state index contributed by atoms with van der Waals surface area (Å²) in [5.74, 6) is -0.0119. The van der Waals surface area contributed by atoms with Crippen molar-refractivity contribution >= 4 is 5.97 Å². The fourth-order valence-corrected chi connectivity index (χ4v) is 2.87. The average molecular weight is 197 g/mol. The van der Waals surface area contributed by atoms with Gasteiger partial charge in [0.2, 0.25) is 0 Å². The molecule has 1 aliphatic heterocycles. The van der Waals surface area contributed by atoms with Crippen molar-refractivity contribution < 1.29 is 9.90 Å². The average Bonchev–Trinajstić information content (AvgIpc) is 2.80. The van der Waals surface area contributed by atoms with Crippen LogP contribution in [0.15, 0.2) is 0 Å². The van der Waals surface area contributed by atoms with Crippen LogP contribution in [0.3, 0.4) is 0 Å². The van der Waals surface area contributed by atoms with Crippen LogP contribution in [0.5, 0.6) is 0 Å². The van der Waals surface area contributed by atoms with Crippen molar-refractivity contribution in [2.24, 2.45) is 17.3 Å². The number of carbonyl (C=O) groups is 1. The van der Waals surface area contributed by atoms with E-state index < -0.39 is 5.97 Å². The summed E-state index contributed by atoms with van der Waals surface area (Å²) in [6.45, 7) is 4.42. The van der Waals surface area contributed by atoms with E-state index in [-0.39, 0.29) is 11.3 Å².